The van der Waals surface area contributed by atoms with Gasteiger partial charge in [0.1, 0.15) is 30.5 Å². The Morgan fingerprint density at radius 3 is 2.76 bits per heavy atom. The van der Waals surface area contributed by atoms with E-state index in [9.17, 15) is 14.7 Å². The maximum absolute atomic E-state index is 13.0. The number of nitrogens with one attached hydrogen (secondary N) is 1. The number of pyridine rings is 1. The van der Waals surface area contributed by atoms with Crippen LogP contribution in [0.1, 0.15) is 23.6 Å². The van der Waals surface area contributed by atoms with Gasteiger partial charge in [0.25, 0.3) is 11.7 Å². The van der Waals surface area contributed by atoms with E-state index in [0.717, 1.165) is 0 Å². The predicted octanol–water partition coefficient (Wildman–Crippen LogP) is 2.77. The molecule has 1 aliphatic rings. The summed E-state index contributed by atoms with van der Waals surface area (Å²) >= 11 is 0. The second-order valence-electron chi connectivity index (χ2n) is 7.61. The first-order valence-electron chi connectivity index (χ1n) is 10.6. The molecule has 1 atom stereocenters. The largest absolute Gasteiger partial charge is 0.507 e. The monoisotopic (exact) mass is 445 g/mol. The van der Waals surface area contributed by atoms with Crippen LogP contribution in [-0.4, -0.2) is 44.8 Å². The number of likely N-dealkylation sites (tertiary alicyclic amines) is 1. The summed E-state index contributed by atoms with van der Waals surface area (Å²) in [6.45, 7) is 5.01. The summed E-state index contributed by atoms with van der Waals surface area (Å²) in [5.41, 5.74) is 1.15. The van der Waals surface area contributed by atoms with Crippen molar-refractivity contribution in [2.75, 3.05) is 13.2 Å². The Bertz CT molecular complexity index is 1150. The number of aliphatic hydroxyl groups excluding tert-OH is 1. The van der Waals surface area contributed by atoms with Crippen molar-refractivity contribution in [3.8, 4) is 5.75 Å². The number of Topliss-reactive ketones (excluding diaryl/α,β-unsaturated/α-hetero) is 1. The number of carbonyl (C=O) groups is 2. The molecule has 1 amide bonds. The Kier molecular flexibility index (Phi) is 6.64. The number of imidazole rings is 1. The number of aryl methyl sites for hydroxylation is 1. The number of hydrogen-bond donors (Lipinski definition) is 2. The van der Waals surface area contributed by atoms with Crippen LogP contribution < -0.4 is 9.30 Å². The molecule has 1 fully saturated rings. The van der Waals surface area contributed by atoms with Crippen LogP contribution in [0.5, 0.6) is 5.75 Å². The van der Waals surface area contributed by atoms with E-state index in [2.05, 4.69) is 16.5 Å². The van der Waals surface area contributed by atoms with E-state index in [4.69, 9.17) is 4.74 Å². The molecule has 1 unspecified atom stereocenters. The van der Waals surface area contributed by atoms with Gasteiger partial charge in [-0.2, -0.15) is 0 Å². The zero-order valence-corrected chi connectivity index (χ0v) is 18.1. The Hall–Kier alpha value is -4.20. The van der Waals surface area contributed by atoms with Crippen LogP contribution in [-0.2, 0) is 16.1 Å². The van der Waals surface area contributed by atoms with Crippen molar-refractivity contribution in [1.29, 1.82) is 0 Å². The molecule has 0 saturated carbocycles. The number of aromatic amines is 1. The quantitative estimate of drug-likeness (QED) is 0.173. The Morgan fingerprint density at radius 2 is 2.09 bits per heavy atom. The van der Waals surface area contributed by atoms with Crippen LogP contribution in [0.3, 0.4) is 0 Å². The Balaban J connectivity index is 1.66. The number of carbonyl (C=O) groups excluding carboxylic acids is 2. The number of nitrogens with zero attached hydrogens (tertiary/aromatic N) is 3. The summed E-state index contributed by atoms with van der Waals surface area (Å²) in [6.07, 6.45) is 11.1. The summed E-state index contributed by atoms with van der Waals surface area (Å²) in [4.78, 5) is 34.7. The first-order chi connectivity index (χ1) is 16.1. The Morgan fingerprint density at radius 1 is 1.27 bits per heavy atom. The van der Waals surface area contributed by atoms with Gasteiger partial charge in [0.05, 0.1) is 18.2 Å². The molecule has 8 heteroatoms. The number of ketones is 1. The first kappa shape index (κ1) is 22.0. The molecular formula is C25H25N4O4+. The maximum atomic E-state index is 13.0. The van der Waals surface area contributed by atoms with E-state index < -0.39 is 17.7 Å². The zero-order chi connectivity index (χ0) is 23.2. The molecule has 1 saturated heterocycles. The molecule has 3 heterocycles. The van der Waals surface area contributed by atoms with Gasteiger partial charge in [0.2, 0.25) is 6.33 Å². The van der Waals surface area contributed by atoms with Crippen molar-refractivity contribution in [3.63, 3.8) is 0 Å². The van der Waals surface area contributed by atoms with E-state index in [1.165, 1.54) is 4.90 Å². The van der Waals surface area contributed by atoms with Crippen LogP contribution in [0.25, 0.3) is 5.76 Å². The van der Waals surface area contributed by atoms with Crippen LogP contribution >= 0.6 is 0 Å². The number of ether oxygens (including phenoxy) is 1. The van der Waals surface area contributed by atoms with E-state index in [1.54, 1.807) is 54.9 Å². The fourth-order valence-electron chi connectivity index (χ4n) is 3.90. The highest BCUT2D eigenvalue weighted by Gasteiger charge is 2.45. The minimum Gasteiger partial charge on any atom is -0.507 e. The standard InChI is InChI=1S/C25H24N4O4/c1-2-15-33-20-8-6-18(7-9-20)23(30)21-22(19-5-3-10-26-16-19)29(25(32)24(21)31)13-4-12-28-14-11-27-17-28/h2-3,5-11,14,16-17,22H,1,4,12-13,15H2,(H,30,31)/p+1. The summed E-state index contributed by atoms with van der Waals surface area (Å²) in [7, 11) is 0. The summed E-state index contributed by atoms with van der Waals surface area (Å²) in [5, 5.41) is 11.1. The average molecular weight is 445 g/mol. The van der Waals surface area contributed by atoms with E-state index in [-0.39, 0.29) is 11.3 Å². The van der Waals surface area contributed by atoms with Gasteiger partial charge < -0.3 is 14.7 Å². The topological polar surface area (TPSA) is 99.4 Å². The van der Waals surface area contributed by atoms with E-state index >= 15 is 0 Å². The molecule has 0 radical (unpaired) electrons. The van der Waals surface area contributed by atoms with Gasteiger partial charge in [-0.25, -0.2) is 4.57 Å². The number of aromatic nitrogens is 3. The van der Waals surface area contributed by atoms with Gasteiger partial charge in [-0.15, -0.1) is 0 Å². The van der Waals surface area contributed by atoms with Gasteiger partial charge in [-0.3, -0.25) is 19.6 Å². The molecule has 2 N–H and O–H groups in total. The smallest absolute Gasteiger partial charge is 0.295 e. The predicted molar refractivity (Wildman–Crippen MR) is 121 cm³/mol. The summed E-state index contributed by atoms with van der Waals surface area (Å²) in [6, 6.07) is 9.54. The fourth-order valence-corrected chi connectivity index (χ4v) is 3.90. The molecular weight excluding hydrogens is 420 g/mol. The van der Waals surface area contributed by atoms with Crippen molar-refractivity contribution in [2.24, 2.45) is 0 Å². The highest BCUT2D eigenvalue weighted by Crippen LogP contribution is 2.39. The highest BCUT2D eigenvalue weighted by molar-refractivity contribution is 6.46. The molecule has 0 bridgehead atoms. The van der Waals surface area contributed by atoms with E-state index in [0.29, 0.717) is 43.0 Å². The second-order valence-corrected chi connectivity index (χ2v) is 7.61. The molecule has 0 aliphatic carbocycles. The third-order valence-corrected chi connectivity index (χ3v) is 5.45. The van der Waals surface area contributed by atoms with Crippen LogP contribution in [0.15, 0.2) is 85.7 Å². The molecule has 1 aliphatic heterocycles. The van der Waals surface area contributed by atoms with Crippen molar-refractivity contribution < 1.29 is 24.0 Å². The molecule has 4 rings (SSSR count). The highest BCUT2D eigenvalue weighted by atomic mass is 16.5. The van der Waals surface area contributed by atoms with Gasteiger partial charge in [-0.1, -0.05) is 18.7 Å². The van der Waals surface area contributed by atoms with E-state index in [1.807, 2.05) is 23.3 Å². The van der Waals surface area contributed by atoms with Crippen molar-refractivity contribution in [3.05, 3.63) is 96.9 Å². The number of H-pyrrole nitrogens is 1. The lowest BCUT2D eigenvalue weighted by molar-refractivity contribution is -0.695. The maximum Gasteiger partial charge on any atom is 0.295 e. The minimum absolute atomic E-state index is 0.0575. The molecule has 0 spiro atoms. The third kappa shape index (κ3) is 4.69. The molecule has 3 aromatic rings. The van der Waals surface area contributed by atoms with Crippen LogP contribution in [0.4, 0.5) is 0 Å². The van der Waals surface area contributed by atoms with Crippen LogP contribution in [0.2, 0.25) is 0 Å². The van der Waals surface area contributed by atoms with Gasteiger partial charge >= 0.3 is 0 Å². The lowest BCUT2D eigenvalue weighted by Gasteiger charge is -2.24. The number of rotatable bonds is 9. The summed E-state index contributed by atoms with van der Waals surface area (Å²) < 4.78 is 7.44. The average Bonchev–Trinajstić information content (AvgIpc) is 3.45. The Labute approximate surface area is 191 Å². The van der Waals surface area contributed by atoms with Crippen molar-refractivity contribution in [2.45, 2.75) is 19.0 Å². The molecule has 168 valence electrons. The lowest BCUT2D eigenvalue weighted by Crippen LogP contribution is -2.36. The van der Waals surface area contributed by atoms with Crippen LogP contribution in [0, 0.1) is 0 Å². The normalized spacial score (nSPS) is 17.3. The molecule has 33 heavy (non-hydrogen) atoms. The fraction of sp³-hybridized carbons (Fsp3) is 0.200. The van der Waals surface area contributed by atoms with Crippen molar-refractivity contribution >= 4 is 17.4 Å². The SMILES string of the molecule is C=CCOc1ccc(C(O)=C2C(=O)C(=O)N(CCC[n+]3cc[nH]c3)C2c2cccnc2)cc1. The number of benzene rings is 1. The summed E-state index contributed by atoms with van der Waals surface area (Å²) in [5.74, 6) is -0.948. The van der Waals surface area contributed by atoms with Crippen molar-refractivity contribution in [1.82, 2.24) is 14.9 Å². The number of hydrogen-bond acceptors (Lipinski definition) is 5. The van der Waals surface area contributed by atoms with Gasteiger partial charge in [0, 0.05) is 30.9 Å². The molecule has 2 aromatic heterocycles. The number of aliphatic hydroxyl groups is 1. The second kappa shape index (κ2) is 9.95. The minimum atomic E-state index is -0.716. The third-order valence-electron chi connectivity index (χ3n) is 5.45. The number of amides is 1. The molecule has 1 aromatic carbocycles. The van der Waals surface area contributed by atoms with Gasteiger partial charge in [-0.05, 0) is 35.9 Å². The lowest BCUT2D eigenvalue weighted by atomic mass is 9.96. The van der Waals surface area contributed by atoms with Gasteiger partial charge in [0.15, 0.2) is 0 Å². The zero-order valence-electron chi connectivity index (χ0n) is 18.1. The first-order valence-corrected chi connectivity index (χ1v) is 10.6. The molecule has 8 nitrogen and oxygen atoms in total.